The Bertz CT molecular complexity index is 1590. The minimum Gasteiger partial charge on any atom is -0.449 e. The van der Waals surface area contributed by atoms with Crippen LogP contribution in [-0.4, -0.2) is 31.2 Å². The van der Waals surface area contributed by atoms with E-state index in [1.807, 2.05) is 30.3 Å². The summed E-state index contributed by atoms with van der Waals surface area (Å²) in [6.07, 6.45) is -0.0732. The lowest BCUT2D eigenvalue weighted by molar-refractivity contribution is 0.0391. The van der Waals surface area contributed by atoms with Gasteiger partial charge in [-0.25, -0.2) is 14.4 Å². The molecule has 0 radical (unpaired) electrons. The molecule has 1 N–H and O–H groups in total. The number of fused-ring (bicyclic) bond motifs is 3. The lowest BCUT2D eigenvalue weighted by Crippen LogP contribution is -2.26. The lowest BCUT2D eigenvalue weighted by Gasteiger charge is -2.15. The Kier molecular flexibility index (Phi) is 5.66. The molecular weight excluding hydrogens is 466 g/mol. The third-order valence-corrected chi connectivity index (χ3v) is 6.75. The number of alkyl carbamates (subject to hydrolysis) is 1. The number of esters is 2. The number of nitrogens with one attached hydrogen (secondary N) is 1. The van der Waals surface area contributed by atoms with Crippen molar-refractivity contribution in [1.29, 1.82) is 0 Å². The predicted molar refractivity (Wildman–Crippen MR) is 138 cm³/mol. The number of carbonyl (C=O) groups is 3. The molecule has 6 nitrogen and oxygen atoms in total. The quantitative estimate of drug-likeness (QED) is 0.180. The molecule has 4 aromatic carbocycles. The van der Waals surface area contributed by atoms with Gasteiger partial charge in [0.25, 0.3) is 0 Å². The van der Waals surface area contributed by atoms with Gasteiger partial charge < -0.3 is 14.8 Å². The van der Waals surface area contributed by atoms with Crippen LogP contribution in [0.4, 0.5) is 4.79 Å². The van der Waals surface area contributed by atoms with Crippen LogP contribution < -0.4 is 5.32 Å². The second-order valence-electron chi connectivity index (χ2n) is 8.87. The first-order valence-electron chi connectivity index (χ1n) is 12.0. The van der Waals surface area contributed by atoms with Crippen LogP contribution in [0.5, 0.6) is 0 Å². The highest BCUT2D eigenvalue weighted by Crippen LogP contribution is 2.44. The minimum absolute atomic E-state index is 0.00934. The molecule has 0 aromatic heterocycles. The Labute approximate surface area is 213 Å². The predicted octanol–water partition coefficient (Wildman–Crippen LogP) is 5.43. The van der Waals surface area contributed by atoms with Gasteiger partial charge in [-0.05, 0) is 45.8 Å². The van der Waals surface area contributed by atoms with Crippen molar-refractivity contribution in [3.63, 3.8) is 0 Å². The molecule has 0 unspecified atom stereocenters. The maximum Gasteiger partial charge on any atom is 0.407 e. The highest BCUT2D eigenvalue weighted by Gasteiger charge is 2.29. The van der Waals surface area contributed by atoms with Crippen LogP contribution >= 0.6 is 0 Å². The van der Waals surface area contributed by atoms with Crippen LogP contribution in [0, 0.1) is 11.8 Å². The van der Waals surface area contributed by atoms with Gasteiger partial charge in [-0.1, -0.05) is 72.5 Å². The number of hydrogen-bond acceptors (Lipinski definition) is 5. The van der Waals surface area contributed by atoms with E-state index >= 15 is 0 Å². The second-order valence-corrected chi connectivity index (χ2v) is 8.87. The van der Waals surface area contributed by atoms with E-state index in [1.54, 1.807) is 24.3 Å². The van der Waals surface area contributed by atoms with Crippen LogP contribution in [0.1, 0.15) is 49.7 Å². The number of amides is 1. The zero-order valence-electron chi connectivity index (χ0n) is 19.7. The summed E-state index contributed by atoms with van der Waals surface area (Å²) < 4.78 is 10.4. The molecule has 1 heterocycles. The summed E-state index contributed by atoms with van der Waals surface area (Å²) in [6, 6.07) is 25.0. The molecule has 4 aromatic rings. The van der Waals surface area contributed by atoms with E-state index in [0.717, 1.165) is 5.39 Å². The first kappa shape index (κ1) is 22.6. The Morgan fingerprint density at radius 2 is 1.46 bits per heavy atom. The summed E-state index contributed by atoms with van der Waals surface area (Å²) in [5, 5.41) is 4.04. The van der Waals surface area contributed by atoms with Gasteiger partial charge in [0.2, 0.25) is 0 Å². The fourth-order valence-electron chi connectivity index (χ4n) is 5.08. The first-order valence-corrected chi connectivity index (χ1v) is 12.0. The van der Waals surface area contributed by atoms with Crippen molar-refractivity contribution in [2.24, 2.45) is 0 Å². The molecule has 0 spiro atoms. The molecule has 0 atom stereocenters. The third-order valence-electron chi connectivity index (χ3n) is 6.75. The number of rotatable bonds is 4. The Morgan fingerprint density at radius 3 is 2.19 bits per heavy atom. The normalized spacial score (nSPS) is 13.3. The maximum absolute atomic E-state index is 12.4. The molecule has 0 fully saturated rings. The Balaban J connectivity index is 1.08. The molecule has 0 bridgehead atoms. The van der Waals surface area contributed by atoms with Gasteiger partial charge in [-0.15, -0.1) is 0 Å². The van der Waals surface area contributed by atoms with Crippen LogP contribution in [-0.2, 0) is 9.47 Å². The van der Waals surface area contributed by atoms with Gasteiger partial charge in [-0.3, -0.25) is 0 Å². The molecule has 0 saturated carbocycles. The number of cyclic esters (lactones) is 2. The van der Waals surface area contributed by atoms with Gasteiger partial charge in [-0.2, -0.15) is 0 Å². The molecule has 1 aliphatic carbocycles. The van der Waals surface area contributed by atoms with Crippen LogP contribution in [0.2, 0.25) is 0 Å². The number of ether oxygens (including phenoxy) is 2. The summed E-state index contributed by atoms with van der Waals surface area (Å²) in [5.41, 5.74) is 6.10. The SMILES string of the molecule is O=C(NCCC#Cc1ccc2c3c(cccc13)C(=O)OC2=O)OCC1c2ccccc2-c2ccccc21. The maximum atomic E-state index is 12.4. The molecule has 1 amide bonds. The molecule has 1 aliphatic heterocycles. The largest absolute Gasteiger partial charge is 0.449 e. The molecule has 37 heavy (non-hydrogen) atoms. The summed E-state index contributed by atoms with van der Waals surface area (Å²) in [4.78, 5) is 36.5. The average Bonchev–Trinajstić information content (AvgIpc) is 3.24. The van der Waals surface area contributed by atoms with E-state index < -0.39 is 18.0 Å². The Morgan fingerprint density at radius 1 is 0.811 bits per heavy atom. The van der Waals surface area contributed by atoms with Crippen molar-refractivity contribution < 1.29 is 23.9 Å². The summed E-state index contributed by atoms with van der Waals surface area (Å²) >= 11 is 0. The lowest BCUT2D eigenvalue weighted by atomic mass is 9.94. The van der Waals surface area contributed by atoms with Gasteiger partial charge in [0.05, 0.1) is 11.1 Å². The van der Waals surface area contributed by atoms with Gasteiger partial charge in [0.1, 0.15) is 6.61 Å². The molecule has 6 heteroatoms. The van der Waals surface area contributed by atoms with Crippen molar-refractivity contribution in [2.45, 2.75) is 12.3 Å². The topological polar surface area (TPSA) is 81.7 Å². The van der Waals surface area contributed by atoms with Crippen LogP contribution in [0.3, 0.4) is 0 Å². The molecule has 6 rings (SSSR count). The average molecular weight is 488 g/mol. The number of benzene rings is 4. The smallest absolute Gasteiger partial charge is 0.407 e. The summed E-state index contributed by atoms with van der Waals surface area (Å²) in [7, 11) is 0. The van der Waals surface area contributed by atoms with E-state index in [-0.39, 0.29) is 12.5 Å². The minimum atomic E-state index is -0.652. The molecular formula is C31H21NO5. The van der Waals surface area contributed by atoms with E-state index in [9.17, 15) is 14.4 Å². The van der Waals surface area contributed by atoms with Crippen molar-refractivity contribution in [2.75, 3.05) is 13.2 Å². The molecule has 0 saturated heterocycles. The molecule has 180 valence electrons. The fraction of sp³-hybridized carbons (Fsp3) is 0.129. The van der Waals surface area contributed by atoms with Gasteiger partial charge >= 0.3 is 18.0 Å². The Hall–Kier alpha value is -4.89. The number of carbonyl (C=O) groups excluding carboxylic acids is 3. The zero-order valence-corrected chi connectivity index (χ0v) is 19.7. The van der Waals surface area contributed by atoms with E-state index in [2.05, 4.69) is 41.4 Å². The van der Waals surface area contributed by atoms with Crippen LogP contribution in [0.25, 0.3) is 21.9 Å². The summed E-state index contributed by atoms with van der Waals surface area (Å²) in [6.45, 7) is 0.586. The van der Waals surface area contributed by atoms with Crippen molar-refractivity contribution in [3.8, 4) is 23.0 Å². The van der Waals surface area contributed by atoms with E-state index in [4.69, 9.17) is 9.47 Å². The second kappa shape index (κ2) is 9.29. The molecule has 2 aliphatic rings. The highest BCUT2D eigenvalue weighted by molar-refractivity contribution is 6.21. The van der Waals surface area contributed by atoms with Gasteiger partial charge in [0.15, 0.2) is 0 Å². The summed E-state index contributed by atoms with van der Waals surface area (Å²) in [5.74, 6) is 4.84. The zero-order chi connectivity index (χ0) is 25.4. The van der Waals surface area contributed by atoms with Gasteiger partial charge in [0, 0.05) is 29.8 Å². The third kappa shape index (κ3) is 4.01. The fourth-order valence-corrected chi connectivity index (χ4v) is 5.08. The van der Waals surface area contributed by atoms with Crippen molar-refractivity contribution >= 4 is 28.8 Å². The van der Waals surface area contributed by atoms with E-state index in [0.29, 0.717) is 35.0 Å². The van der Waals surface area contributed by atoms with E-state index in [1.165, 1.54) is 22.3 Å². The monoisotopic (exact) mass is 487 g/mol. The standard InChI is InChI=1S/C31H21NO5/c33-29-25-14-7-13-20-19(15-16-26(28(20)25)30(34)37-29)8-5-6-17-32-31(35)36-18-27-23-11-3-1-9-21(23)22-10-2-4-12-24(22)27/h1-4,7,9-16,27H,6,17-18H2,(H,32,35). The van der Waals surface area contributed by atoms with Crippen LogP contribution in [0.15, 0.2) is 78.9 Å². The first-order chi connectivity index (χ1) is 18.1. The highest BCUT2D eigenvalue weighted by atomic mass is 16.6. The number of hydrogen-bond donors (Lipinski definition) is 1. The van der Waals surface area contributed by atoms with Crippen molar-refractivity contribution in [1.82, 2.24) is 5.32 Å². The van der Waals surface area contributed by atoms with Crippen molar-refractivity contribution in [3.05, 3.63) is 107 Å².